The summed E-state index contributed by atoms with van der Waals surface area (Å²) in [7, 11) is 2.22. The lowest BCUT2D eigenvalue weighted by Gasteiger charge is -2.40. The first-order valence-electron chi connectivity index (χ1n) is 22.8. The lowest BCUT2D eigenvalue weighted by Crippen LogP contribution is -2.64. The molecule has 0 spiro atoms. The lowest BCUT2D eigenvalue weighted by atomic mass is 9.69. The number of rotatable bonds is 14. The number of fused-ring (bicyclic) bond motifs is 7. The van der Waals surface area contributed by atoms with E-state index in [1.807, 2.05) is 11.3 Å². The van der Waals surface area contributed by atoms with E-state index >= 15 is 0 Å². The highest BCUT2D eigenvalue weighted by Crippen LogP contribution is 2.48. The maximum atomic E-state index is 2.79. The van der Waals surface area contributed by atoms with Crippen LogP contribution in [0.2, 0.25) is 0 Å². The van der Waals surface area contributed by atoms with Crippen molar-refractivity contribution in [2.24, 2.45) is 13.0 Å². The number of para-hydroxylation sites is 1. The summed E-state index contributed by atoms with van der Waals surface area (Å²) in [5, 5.41) is 2.82. The highest BCUT2D eigenvalue weighted by molar-refractivity contribution is 7.26. The monoisotopic (exact) mass is 802 g/mol. The van der Waals surface area contributed by atoms with Gasteiger partial charge in [-0.15, -0.1) is 11.3 Å². The maximum Gasteiger partial charge on any atom is 0.294 e. The molecule has 0 saturated carbocycles. The number of hydrogen-bond donors (Lipinski definition) is 0. The van der Waals surface area contributed by atoms with E-state index < -0.39 is 0 Å². The van der Waals surface area contributed by atoms with Crippen molar-refractivity contribution < 1.29 is 9.13 Å². The molecule has 0 saturated heterocycles. The van der Waals surface area contributed by atoms with Gasteiger partial charge < -0.3 is 0 Å². The second-order valence-electron chi connectivity index (χ2n) is 18.4. The highest BCUT2D eigenvalue weighted by Gasteiger charge is 2.51. The molecule has 0 aliphatic carbocycles. The Morgan fingerprint density at radius 2 is 1.53 bits per heavy atom. The number of aromatic nitrogens is 3. The van der Waals surface area contributed by atoms with Gasteiger partial charge in [-0.1, -0.05) is 122 Å². The van der Waals surface area contributed by atoms with Crippen LogP contribution in [0.1, 0.15) is 138 Å². The maximum absolute atomic E-state index is 2.79. The van der Waals surface area contributed by atoms with Crippen LogP contribution in [0.4, 0.5) is 0 Å². The Bertz CT molecular complexity index is 2610. The normalized spacial score (nSPS) is 15.7. The largest absolute Gasteiger partial charge is 0.294 e. The molecule has 0 radical (unpaired) electrons. The van der Waals surface area contributed by atoms with E-state index in [1.165, 1.54) is 113 Å². The summed E-state index contributed by atoms with van der Waals surface area (Å²) in [6.07, 6.45) is 17.5. The zero-order chi connectivity index (χ0) is 41.6. The SMILES string of the molecule is CCCCc1ccc2c(c1)sc1c3c(ccc12)CC(CC)(C(CCC)CCc1ccccc1-c1n(-c2c(C(C)C)cccc2C(C)C)cc[n+]1C)[n+]1cc(C)c(C)cc1-3. The molecule has 59 heavy (non-hydrogen) atoms. The summed E-state index contributed by atoms with van der Waals surface area (Å²) >= 11 is 2.02. The third kappa shape index (κ3) is 7.28. The van der Waals surface area contributed by atoms with Crippen LogP contribution in [0.3, 0.4) is 0 Å². The van der Waals surface area contributed by atoms with E-state index in [0.29, 0.717) is 17.8 Å². The van der Waals surface area contributed by atoms with Crippen molar-refractivity contribution in [3.63, 3.8) is 0 Å². The number of aryl methyl sites for hydroxylation is 5. The molecule has 7 aromatic rings. The fourth-order valence-corrected chi connectivity index (χ4v) is 12.0. The van der Waals surface area contributed by atoms with Gasteiger partial charge in [0, 0.05) is 61.7 Å². The topological polar surface area (TPSA) is 12.7 Å². The molecule has 0 fully saturated rings. The second kappa shape index (κ2) is 16.8. The molecule has 0 N–H and O–H groups in total. The van der Waals surface area contributed by atoms with Crippen LogP contribution < -0.4 is 9.13 Å². The first kappa shape index (κ1) is 41.2. The van der Waals surface area contributed by atoms with Gasteiger partial charge >= 0.3 is 0 Å². The fourth-order valence-electron chi connectivity index (χ4n) is 10.6. The minimum atomic E-state index is -0.0172. The average molecular weight is 802 g/mol. The number of imidazole rings is 1. The molecule has 4 heteroatoms. The average Bonchev–Trinajstić information content (AvgIpc) is 3.80. The van der Waals surface area contributed by atoms with Crippen LogP contribution in [-0.2, 0) is 31.8 Å². The number of unbranched alkanes of at least 4 members (excludes halogenated alkanes) is 1. The van der Waals surface area contributed by atoms with Crippen LogP contribution in [0.25, 0.3) is 48.5 Å². The number of benzene rings is 4. The minimum Gasteiger partial charge on any atom is -0.232 e. The van der Waals surface area contributed by atoms with E-state index in [4.69, 9.17) is 0 Å². The van der Waals surface area contributed by atoms with Crippen LogP contribution in [0.5, 0.6) is 0 Å². The summed E-state index contributed by atoms with van der Waals surface area (Å²) in [6, 6.07) is 30.9. The molecule has 1 aliphatic rings. The van der Waals surface area contributed by atoms with Crippen molar-refractivity contribution in [2.45, 2.75) is 137 Å². The third-order valence-electron chi connectivity index (χ3n) is 14.0. The molecule has 8 rings (SSSR count). The number of nitrogens with zero attached hydrogens (tertiary/aromatic N) is 3. The van der Waals surface area contributed by atoms with Gasteiger partial charge in [0.15, 0.2) is 11.7 Å². The first-order valence-corrected chi connectivity index (χ1v) is 23.6. The van der Waals surface area contributed by atoms with Crippen molar-refractivity contribution in [3.05, 3.63) is 136 Å². The van der Waals surface area contributed by atoms with Gasteiger partial charge in [0.05, 0.1) is 18.2 Å². The third-order valence-corrected chi connectivity index (χ3v) is 15.2. The molecule has 2 unspecified atom stereocenters. The standard InChI is InChI=1S/C55H67N3S/c1-11-14-19-40-24-28-47-48-29-26-42-34-55(13-3,58-35-39(9)38(8)32-49(58)51(42)53(48)59-50(47)33-40)43(18-12-2)27-25-41-20-15-16-21-46(41)54-56(10)30-31-57(54)52-44(36(4)5)22-17-23-45(52)37(6)7/h15-17,20-24,26,28-33,35-37,43H,11-14,18-19,25,27,34H2,1-10H3/q+2. The van der Waals surface area contributed by atoms with Crippen LogP contribution in [0, 0.1) is 19.8 Å². The lowest BCUT2D eigenvalue weighted by molar-refractivity contribution is -0.767. The minimum absolute atomic E-state index is 0.0172. The van der Waals surface area contributed by atoms with Crippen LogP contribution >= 0.6 is 11.3 Å². The molecule has 4 aromatic carbocycles. The quantitative estimate of drug-likeness (QED) is 0.0972. The van der Waals surface area contributed by atoms with E-state index in [2.05, 4.69) is 181 Å². The molecule has 0 bridgehead atoms. The molecule has 2 atom stereocenters. The Kier molecular flexibility index (Phi) is 11.8. The van der Waals surface area contributed by atoms with E-state index in [-0.39, 0.29) is 5.54 Å². The molecule has 306 valence electrons. The van der Waals surface area contributed by atoms with E-state index in [1.54, 1.807) is 0 Å². The van der Waals surface area contributed by atoms with Gasteiger partial charge in [-0.2, -0.15) is 9.13 Å². The number of thiophene rings is 1. The Morgan fingerprint density at radius 1 is 0.780 bits per heavy atom. The zero-order valence-electron chi connectivity index (χ0n) is 37.6. The summed E-state index contributed by atoms with van der Waals surface area (Å²) in [4.78, 5) is 0. The summed E-state index contributed by atoms with van der Waals surface area (Å²) in [5.41, 5.74) is 15.6. The van der Waals surface area contributed by atoms with Crippen molar-refractivity contribution in [2.75, 3.05) is 0 Å². The van der Waals surface area contributed by atoms with Gasteiger partial charge in [-0.25, -0.2) is 4.57 Å². The molecule has 0 amide bonds. The smallest absolute Gasteiger partial charge is 0.232 e. The van der Waals surface area contributed by atoms with Gasteiger partial charge in [0.25, 0.3) is 5.82 Å². The first-order chi connectivity index (χ1) is 28.5. The van der Waals surface area contributed by atoms with Gasteiger partial charge in [-0.05, 0) is 92.2 Å². The van der Waals surface area contributed by atoms with Crippen molar-refractivity contribution in [1.29, 1.82) is 0 Å². The van der Waals surface area contributed by atoms with Crippen LogP contribution in [0.15, 0.2) is 97.5 Å². The summed E-state index contributed by atoms with van der Waals surface area (Å²) in [5.74, 6) is 2.62. The Hall–Kier alpha value is -4.54. The predicted molar refractivity (Wildman–Crippen MR) is 252 cm³/mol. The van der Waals surface area contributed by atoms with Gasteiger partial charge in [0.1, 0.15) is 18.1 Å². The second-order valence-corrected chi connectivity index (χ2v) is 19.5. The molecule has 4 heterocycles. The van der Waals surface area contributed by atoms with E-state index in [9.17, 15) is 0 Å². The molecule has 1 aliphatic heterocycles. The molecular weight excluding hydrogens is 735 g/mol. The Labute approximate surface area is 358 Å². The summed E-state index contributed by atoms with van der Waals surface area (Å²) < 4.78 is 10.5. The summed E-state index contributed by atoms with van der Waals surface area (Å²) in [6.45, 7) is 21.1. The van der Waals surface area contributed by atoms with Gasteiger partial charge in [-0.3, -0.25) is 0 Å². The fraction of sp³-hybridized carbons (Fsp3) is 0.418. The van der Waals surface area contributed by atoms with Gasteiger partial charge in [0.2, 0.25) is 5.69 Å². The Balaban J connectivity index is 1.21. The Morgan fingerprint density at radius 3 is 2.24 bits per heavy atom. The molecule has 3 aromatic heterocycles. The zero-order valence-corrected chi connectivity index (χ0v) is 38.4. The molecular formula is C55H67N3S+2. The highest BCUT2D eigenvalue weighted by atomic mass is 32.1. The van der Waals surface area contributed by atoms with E-state index in [0.717, 1.165) is 32.1 Å². The number of pyridine rings is 1. The van der Waals surface area contributed by atoms with Crippen LogP contribution in [-0.4, -0.2) is 4.57 Å². The molecule has 3 nitrogen and oxygen atoms in total. The van der Waals surface area contributed by atoms with Crippen molar-refractivity contribution in [1.82, 2.24) is 4.57 Å². The predicted octanol–water partition coefficient (Wildman–Crippen LogP) is 14.2. The van der Waals surface area contributed by atoms with Crippen molar-refractivity contribution in [3.8, 4) is 28.3 Å². The van der Waals surface area contributed by atoms with Crippen molar-refractivity contribution >= 4 is 31.5 Å². The number of hydrogen-bond acceptors (Lipinski definition) is 1.